The molecule has 3 aromatic rings. The SMILES string of the molecule is CC(NC(=O)c1cccc(Br)c1)C(=O)N1CCN(C(c2ccccc2)c2ccccc2)CC1. The zero-order chi connectivity index (χ0) is 23.2. The number of nitrogens with one attached hydrogen (secondary N) is 1. The fraction of sp³-hybridized carbons (Fsp3) is 0.259. The molecule has 170 valence electrons. The highest BCUT2D eigenvalue weighted by molar-refractivity contribution is 9.10. The van der Waals surface area contributed by atoms with Gasteiger partial charge in [0.05, 0.1) is 6.04 Å². The second kappa shape index (κ2) is 10.8. The summed E-state index contributed by atoms with van der Waals surface area (Å²) in [5.41, 5.74) is 3.03. The summed E-state index contributed by atoms with van der Waals surface area (Å²) in [6.07, 6.45) is 0. The van der Waals surface area contributed by atoms with Crippen LogP contribution < -0.4 is 5.32 Å². The van der Waals surface area contributed by atoms with E-state index in [4.69, 9.17) is 0 Å². The number of nitrogens with zero attached hydrogens (tertiary/aromatic N) is 2. The molecule has 1 aliphatic heterocycles. The lowest BCUT2D eigenvalue weighted by atomic mass is 9.96. The third-order valence-corrected chi connectivity index (χ3v) is 6.52. The van der Waals surface area contributed by atoms with Gasteiger partial charge in [0.1, 0.15) is 6.04 Å². The van der Waals surface area contributed by atoms with Crippen LogP contribution in [0.1, 0.15) is 34.5 Å². The summed E-state index contributed by atoms with van der Waals surface area (Å²) < 4.78 is 0.830. The Morgan fingerprint density at radius 1 is 0.818 bits per heavy atom. The van der Waals surface area contributed by atoms with Crippen molar-refractivity contribution >= 4 is 27.7 Å². The van der Waals surface area contributed by atoms with E-state index in [1.54, 1.807) is 25.1 Å². The minimum absolute atomic E-state index is 0.0473. The van der Waals surface area contributed by atoms with Crippen LogP contribution in [0.3, 0.4) is 0 Å². The lowest BCUT2D eigenvalue weighted by Gasteiger charge is -2.40. The van der Waals surface area contributed by atoms with E-state index in [2.05, 4.69) is 74.7 Å². The minimum atomic E-state index is -0.581. The Kier molecular flexibility index (Phi) is 7.57. The van der Waals surface area contributed by atoms with Crippen LogP contribution in [0.15, 0.2) is 89.4 Å². The van der Waals surface area contributed by atoms with Crippen LogP contribution in [-0.2, 0) is 4.79 Å². The van der Waals surface area contributed by atoms with Crippen molar-refractivity contribution in [2.24, 2.45) is 0 Å². The van der Waals surface area contributed by atoms with Gasteiger partial charge in [0.2, 0.25) is 5.91 Å². The molecule has 2 amide bonds. The number of benzene rings is 3. The molecule has 0 spiro atoms. The van der Waals surface area contributed by atoms with Crippen molar-refractivity contribution < 1.29 is 9.59 Å². The van der Waals surface area contributed by atoms with Crippen molar-refractivity contribution in [1.29, 1.82) is 0 Å². The molecule has 3 aromatic carbocycles. The molecular formula is C27H28BrN3O2. The Morgan fingerprint density at radius 3 is 1.94 bits per heavy atom. The van der Waals surface area contributed by atoms with Gasteiger partial charge in [-0.2, -0.15) is 0 Å². The topological polar surface area (TPSA) is 52.7 Å². The average Bonchev–Trinajstić information content (AvgIpc) is 2.85. The van der Waals surface area contributed by atoms with Gasteiger partial charge in [0.15, 0.2) is 0 Å². The smallest absolute Gasteiger partial charge is 0.251 e. The van der Waals surface area contributed by atoms with Gasteiger partial charge in [0.25, 0.3) is 5.91 Å². The van der Waals surface area contributed by atoms with Crippen LogP contribution in [0.25, 0.3) is 0 Å². The number of carbonyl (C=O) groups excluding carboxylic acids is 2. The van der Waals surface area contributed by atoms with E-state index in [0.29, 0.717) is 18.7 Å². The van der Waals surface area contributed by atoms with Gasteiger partial charge in [-0.25, -0.2) is 0 Å². The molecular weight excluding hydrogens is 478 g/mol. The molecule has 1 unspecified atom stereocenters. The van der Waals surface area contributed by atoms with Crippen molar-refractivity contribution in [3.63, 3.8) is 0 Å². The van der Waals surface area contributed by atoms with E-state index < -0.39 is 6.04 Å². The van der Waals surface area contributed by atoms with Crippen LogP contribution in [0.4, 0.5) is 0 Å². The van der Waals surface area contributed by atoms with Crippen LogP contribution in [0, 0.1) is 0 Å². The predicted molar refractivity (Wildman–Crippen MR) is 134 cm³/mol. The normalized spacial score (nSPS) is 15.3. The Hall–Kier alpha value is -2.96. The molecule has 0 bridgehead atoms. The first-order chi connectivity index (χ1) is 16.0. The van der Waals surface area contributed by atoms with E-state index in [1.807, 2.05) is 23.1 Å². The Labute approximate surface area is 203 Å². The molecule has 4 rings (SSSR count). The molecule has 1 heterocycles. The first-order valence-corrected chi connectivity index (χ1v) is 12.0. The van der Waals surface area contributed by atoms with Gasteiger partial charge < -0.3 is 10.2 Å². The number of piperazine rings is 1. The van der Waals surface area contributed by atoms with Gasteiger partial charge in [0, 0.05) is 36.2 Å². The number of carbonyl (C=O) groups is 2. The zero-order valence-electron chi connectivity index (χ0n) is 18.7. The molecule has 1 atom stereocenters. The number of hydrogen-bond donors (Lipinski definition) is 1. The molecule has 5 nitrogen and oxygen atoms in total. The highest BCUT2D eigenvalue weighted by Gasteiger charge is 2.30. The summed E-state index contributed by atoms with van der Waals surface area (Å²) in [5, 5.41) is 2.84. The molecule has 33 heavy (non-hydrogen) atoms. The molecule has 0 aromatic heterocycles. The van der Waals surface area contributed by atoms with Crippen molar-refractivity contribution in [3.8, 4) is 0 Å². The Bertz CT molecular complexity index is 1040. The van der Waals surface area contributed by atoms with Gasteiger partial charge in [-0.15, -0.1) is 0 Å². The summed E-state index contributed by atoms with van der Waals surface area (Å²) in [6.45, 7) is 4.55. The largest absolute Gasteiger partial charge is 0.341 e. The molecule has 1 fully saturated rings. The van der Waals surface area contributed by atoms with Crippen molar-refractivity contribution in [3.05, 3.63) is 106 Å². The molecule has 1 N–H and O–H groups in total. The van der Waals surface area contributed by atoms with E-state index >= 15 is 0 Å². The van der Waals surface area contributed by atoms with Crippen molar-refractivity contribution in [2.75, 3.05) is 26.2 Å². The van der Waals surface area contributed by atoms with Crippen LogP contribution in [0.5, 0.6) is 0 Å². The van der Waals surface area contributed by atoms with E-state index in [-0.39, 0.29) is 17.9 Å². The lowest BCUT2D eigenvalue weighted by molar-refractivity contribution is -0.134. The first kappa shape index (κ1) is 23.2. The van der Waals surface area contributed by atoms with Gasteiger partial charge in [-0.05, 0) is 36.2 Å². The van der Waals surface area contributed by atoms with Crippen LogP contribution in [-0.4, -0.2) is 53.8 Å². The first-order valence-electron chi connectivity index (χ1n) is 11.2. The fourth-order valence-electron chi connectivity index (χ4n) is 4.33. The average molecular weight is 506 g/mol. The highest BCUT2D eigenvalue weighted by atomic mass is 79.9. The third-order valence-electron chi connectivity index (χ3n) is 6.03. The standard InChI is InChI=1S/C27H28BrN3O2/c1-20(29-26(32)23-13-8-14-24(28)19-23)27(33)31-17-15-30(16-18-31)25(21-9-4-2-5-10-21)22-11-6-3-7-12-22/h2-14,19-20,25H,15-18H2,1H3,(H,29,32). The van der Waals surface area contributed by atoms with E-state index in [1.165, 1.54) is 11.1 Å². The number of halogens is 1. The van der Waals surface area contributed by atoms with Crippen molar-refractivity contribution in [1.82, 2.24) is 15.1 Å². The summed E-state index contributed by atoms with van der Waals surface area (Å²) >= 11 is 3.38. The third kappa shape index (κ3) is 5.70. The monoisotopic (exact) mass is 505 g/mol. The second-order valence-corrected chi connectivity index (χ2v) is 9.21. The maximum absolute atomic E-state index is 13.0. The molecule has 1 saturated heterocycles. The number of hydrogen-bond acceptors (Lipinski definition) is 3. The number of amides is 2. The number of rotatable bonds is 6. The summed E-state index contributed by atoms with van der Waals surface area (Å²) in [6, 6.07) is 27.7. The summed E-state index contributed by atoms with van der Waals surface area (Å²) in [7, 11) is 0. The van der Waals surface area contributed by atoms with Gasteiger partial charge >= 0.3 is 0 Å². The van der Waals surface area contributed by atoms with E-state index in [9.17, 15) is 9.59 Å². The fourth-order valence-corrected chi connectivity index (χ4v) is 4.73. The zero-order valence-corrected chi connectivity index (χ0v) is 20.2. The Balaban J connectivity index is 1.40. The highest BCUT2D eigenvalue weighted by Crippen LogP contribution is 2.29. The van der Waals surface area contributed by atoms with Crippen molar-refractivity contribution in [2.45, 2.75) is 19.0 Å². The predicted octanol–water partition coefficient (Wildman–Crippen LogP) is 4.50. The summed E-state index contributed by atoms with van der Waals surface area (Å²) in [5.74, 6) is -0.294. The van der Waals surface area contributed by atoms with E-state index in [0.717, 1.165) is 17.6 Å². The lowest BCUT2D eigenvalue weighted by Crippen LogP contribution is -2.54. The molecule has 1 aliphatic rings. The molecule has 0 aliphatic carbocycles. The van der Waals surface area contributed by atoms with Crippen LogP contribution >= 0.6 is 15.9 Å². The van der Waals surface area contributed by atoms with Gasteiger partial charge in [-0.1, -0.05) is 82.7 Å². The molecule has 0 radical (unpaired) electrons. The van der Waals surface area contributed by atoms with Crippen LogP contribution in [0.2, 0.25) is 0 Å². The second-order valence-electron chi connectivity index (χ2n) is 8.29. The molecule has 6 heteroatoms. The Morgan fingerprint density at radius 2 is 1.39 bits per heavy atom. The summed E-state index contributed by atoms with van der Waals surface area (Å²) in [4.78, 5) is 29.9. The maximum atomic E-state index is 13.0. The van der Waals surface area contributed by atoms with Gasteiger partial charge in [-0.3, -0.25) is 14.5 Å². The quantitative estimate of drug-likeness (QED) is 0.536. The maximum Gasteiger partial charge on any atom is 0.251 e. The minimum Gasteiger partial charge on any atom is -0.341 e. The molecule has 0 saturated carbocycles.